The molecule has 16 heavy (non-hydrogen) atoms. The Morgan fingerprint density at radius 3 is 2.75 bits per heavy atom. The zero-order valence-electron chi connectivity index (χ0n) is 9.00. The topological polar surface area (TPSA) is 51.8 Å². The fourth-order valence-corrected chi connectivity index (χ4v) is 2.54. The van der Waals surface area contributed by atoms with Gasteiger partial charge in [-0.05, 0) is 31.9 Å². The zero-order valence-corrected chi connectivity index (χ0v) is 10.6. The Morgan fingerprint density at radius 2 is 2.06 bits per heavy atom. The molecule has 2 aromatic rings. The lowest BCUT2D eigenvalue weighted by Gasteiger charge is -2.10. The van der Waals surface area contributed by atoms with Crippen molar-refractivity contribution in [2.75, 3.05) is 0 Å². The number of benzene rings is 1. The van der Waals surface area contributed by atoms with E-state index in [9.17, 15) is 0 Å². The van der Waals surface area contributed by atoms with Crippen molar-refractivity contribution in [1.82, 2.24) is 9.97 Å². The molecule has 0 bridgehead atoms. The lowest BCUT2D eigenvalue weighted by atomic mass is 10.1. The van der Waals surface area contributed by atoms with Gasteiger partial charge in [0.05, 0.1) is 16.7 Å². The van der Waals surface area contributed by atoms with Gasteiger partial charge in [0.2, 0.25) is 0 Å². The first-order chi connectivity index (χ1) is 7.60. The van der Waals surface area contributed by atoms with Crippen LogP contribution in [0, 0.1) is 6.92 Å². The predicted molar refractivity (Wildman–Crippen MR) is 67.1 cm³/mol. The molecule has 0 saturated heterocycles. The van der Waals surface area contributed by atoms with E-state index in [0.29, 0.717) is 0 Å². The zero-order chi connectivity index (χ0) is 11.3. The Bertz CT molecular complexity index is 576. The molecule has 0 spiro atoms. The summed E-state index contributed by atoms with van der Waals surface area (Å²) < 4.78 is 1.04. The highest BCUT2D eigenvalue weighted by Crippen LogP contribution is 2.41. The quantitative estimate of drug-likeness (QED) is 0.872. The molecule has 3 nitrogen and oxygen atoms in total. The molecule has 0 radical (unpaired) electrons. The van der Waals surface area contributed by atoms with Gasteiger partial charge in [0, 0.05) is 9.86 Å². The van der Waals surface area contributed by atoms with Crippen LogP contribution in [-0.4, -0.2) is 9.97 Å². The fourth-order valence-electron chi connectivity index (χ4n) is 1.90. The maximum Gasteiger partial charge on any atom is 0.149 e. The summed E-state index contributed by atoms with van der Waals surface area (Å²) in [7, 11) is 0. The molecule has 0 amide bonds. The second-order valence-corrected chi connectivity index (χ2v) is 5.28. The first-order valence-corrected chi connectivity index (χ1v) is 6.12. The number of aryl methyl sites for hydroxylation is 1. The van der Waals surface area contributed by atoms with E-state index in [1.807, 2.05) is 25.1 Å². The Balaban J connectivity index is 2.31. The number of hydrogen-bond donors (Lipinski definition) is 1. The number of halogens is 1. The van der Waals surface area contributed by atoms with E-state index in [0.717, 1.165) is 39.7 Å². The van der Waals surface area contributed by atoms with Crippen LogP contribution < -0.4 is 5.73 Å². The summed E-state index contributed by atoms with van der Waals surface area (Å²) in [5.74, 6) is 0.788. The molecular formula is C12H12BrN3. The highest BCUT2D eigenvalue weighted by atomic mass is 79.9. The van der Waals surface area contributed by atoms with E-state index >= 15 is 0 Å². The Morgan fingerprint density at radius 1 is 1.31 bits per heavy atom. The predicted octanol–water partition coefficient (Wildman–Crippen LogP) is 2.65. The summed E-state index contributed by atoms with van der Waals surface area (Å²) in [4.78, 5) is 9.09. The van der Waals surface area contributed by atoms with E-state index in [-0.39, 0.29) is 5.54 Å². The summed E-state index contributed by atoms with van der Waals surface area (Å²) in [6.07, 6.45) is 1.98. The van der Waals surface area contributed by atoms with Gasteiger partial charge in [-0.2, -0.15) is 0 Å². The molecule has 1 heterocycles. The number of nitrogens with two attached hydrogens (primary N) is 1. The molecular weight excluding hydrogens is 266 g/mol. The van der Waals surface area contributed by atoms with Crippen LogP contribution in [0.5, 0.6) is 0 Å². The lowest BCUT2D eigenvalue weighted by Crippen LogP contribution is -2.22. The standard InChI is InChI=1S/C12H12BrN3/c1-7-10-8(13)3-2-4-9(10)16-11(15-7)12(14)5-6-12/h2-4H,5-6,14H2,1H3. The average molecular weight is 278 g/mol. The molecule has 4 heteroatoms. The maximum atomic E-state index is 6.13. The number of nitrogens with zero attached hydrogens (tertiary/aromatic N) is 2. The first kappa shape index (κ1) is 10.2. The van der Waals surface area contributed by atoms with Gasteiger partial charge in [-0.1, -0.05) is 22.0 Å². The Hall–Kier alpha value is -1.000. The van der Waals surface area contributed by atoms with Crippen LogP contribution in [0.1, 0.15) is 24.4 Å². The van der Waals surface area contributed by atoms with E-state index in [4.69, 9.17) is 5.73 Å². The minimum atomic E-state index is -0.263. The Labute approximate surface area is 102 Å². The maximum absolute atomic E-state index is 6.13. The van der Waals surface area contributed by atoms with Crippen LogP contribution in [0.25, 0.3) is 10.9 Å². The van der Waals surface area contributed by atoms with E-state index in [1.54, 1.807) is 0 Å². The van der Waals surface area contributed by atoms with Gasteiger partial charge in [0.25, 0.3) is 0 Å². The van der Waals surface area contributed by atoms with Gasteiger partial charge >= 0.3 is 0 Å². The van der Waals surface area contributed by atoms with Crippen molar-refractivity contribution in [1.29, 1.82) is 0 Å². The highest BCUT2D eigenvalue weighted by molar-refractivity contribution is 9.10. The van der Waals surface area contributed by atoms with Crippen molar-refractivity contribution >= 4 is 26.8 Å². The molecule has 1 aliphatic rings. The van der Waals surface area contributed by atoms with Crippen LogP contribution in [0.4, 0.5) is 0 Å². The van der Waals surface area contributed by atoms with E-state index < -0.39 is 0 Å². The SMILES string of the molecule is Cc1nc(C2(N)CC2)nc2cccc(Br)c12. The van der Waals surface area contributed by atoms with Crippen molar-refractivity contribution in [3.05, 3.63) is 34.2 Å². The molecule has 2 N–H and O–H groups in total. The third-order valence-electron chi connectivity index (χ3n) is 3.09. The minimum Gasteiger partial charge on any atom is -0.319 e. The van der Waals surface area contributed by atoms with Gasteiger partial charge in [-0.3, -0.25) is 0 Å². The van der Waals surface area contributed by atoms with Crippen LogP contribution in [0.15, 0.2) is 22.7 Å². The van der Waals surface area contributed by atoms with Crippen molar-refractivity contribution in [2.24, 2.45) is 5.73 Å². The average Bonchev–Trinajstić information content (AvgIpc) is 2.97. The fraction of sp³-hybridized carbons (Fsp3) is 0.333. The van der Waals surface area contributed by atoms with Crippen molar-refractivity contribution in [3.8, 4) is 0 Å². The molecule has 0 unspecified atom stereocenters. The summed E-state index contributed by atoms with van der Waals surface area (Å²) >= 11 is 3.53. The van der Waals surface area contributed by atoms with Crippen LogP contribution >= 0.6 is 15.9 Å². The second-order valence-electron chi connectivity index (χ2n) is 4.42. The molecule has 3 rings (SSSR count). The van der Waals surface area contributed by atoms with Gasteiger partial charge in [0.1, 0.15) is 5.82 Å². The summed E-state index contributed by atoms with van der Waals surface area (Å²) in [6, 6.07) is 6.00. The van der Waals surface area contributed by atoms with Crippen LogP contribution in [-0.2, 0) is 5.54 Å². The summed E-state index contributed by atoms with van der Waals surface area (Å²) in [5.41, 5.74) is 7.82. The number of aromatic nitrogens is 2. The molecule has 1 saturated carbocycles. The van der Waals surface area contributed by atoms with E-state index in [2.05, 4.69) is 25.9 Å². The molecule has 1 fully saturated rings. The van der Waals surface area contributed by atoms with E-state index in [1.165, 1.54) is 0 Å². The molecule has 0 aliphatic heterocycles. The monoisotopic (exact) mass is 277 g/mol. The van der Waals surface area contributed by atoms with Gasteiger partial charge < -0.3 is 5.73 Å². The van der Waals surface area contributed by atoms with Crippen LogP contribution in [0.3, 0.4) is 0 Å². The van der Waals surface area contributed by atoms with Crippen LogP contribution in [0.2, 0.25) is 0 Å². The number of fused-ring (bicyclic) bond motifs is 1. The summed E-state index contributed by atoms with van der Waals surface area (Å²) in [6.45, 7) is 2.00. The normalized spacial score (nSPS) is 17.7. The molecule has 1 aromatic heterocycles. The third kappa shape index (κ3) is 1.44. The number of rotatable bonds is 1. The largest absolute Gasteiger partial charge is 0.319 e. The smallest absolute Gasteiger partial charge is 0.149 e. The molecule has 1 aromatic carbocycles. The second kappa shape index (κ2) is 3.25. The summed E-state index contributed by atoms with van der Waals surface area (Å²) in [5, 5.41) is 1.08. The molecule has 1 aliphatic carbocycles. The van der Waals surface area contributed by atoms with Crippen molar-refractivity contribution < 1.29 is 0 Å². The molecule has 0 atom stereocenters. The van der Waals surface area contributed by atoms with Crippen molar-refractivity contribution in [2.45, 2.75) is 25.3 Å². The van der Waals surface area contributed by atoms with Gasteiger partial charge in [-0.25, -0.2) is 9.97 Å². The van der Waals surface area contributed by atoms with Gasteiger partial charge in [-0.15, -0.1) is 0 Å². The third-order valence-corrected chi connectivity index (χ3v) is 3.75. The Kier molecular flexibility index (Phi) is 2.06. The minimum absolute atomic E-state index is 0.263. The number of hydrogen-bond acceptors (Lipinski definition) is 3. The highest BCUT2D eigenvalue weighted by Gasteiger charge is 2.43. The van der Waals surface area contributed by atoms with Gasteiger partial charge in [0.15, 0.2) is 0 Å². The lowest BCUT2D eigenvalue weighted by molar-refractivity contribution is 0.674. The molecule has 82 valence electrons. The first-order valence-electron chi connectivity index (χ1n) is 5.32. The van der Waals surface area contributed by atoms with Crippen molar-refractivity contribution in [3.63, 3.8) is 0 Å².